The quantitative estimate of drug-likeness (QED) is 0.0568. The Bertz CT molecular complexity index is 8810. The van der Waals surface area contributed by atoms with E-state index in [1.165, 1.54) is 113 Å². The molecule has 0 bridgehead atoms. The van der Waals surface area contributed by atoms with Crippen LogP contribution >= 0.6 is 105 Å². The summed E-state index contributed by atoms with van der Waals surface area (Å²) in [6.07, 6.45) is 41.1. The van der Waals surface area contributed by atoms with Gasteiger partial charge < -0.3 is 0 Å². The number of sulfone groups is 6. The van der Waals surface area contributed by atoms with E-state index in [0.717, 1.165) is 209 Å². The molecule has 12 aromatic heterocycles. The van der Waals surface area contributed by atoms with Crippen LogP contribution in [0.3, 0.4) is 0 Å². The van der Waals surface area contributed by atoms with Gasteiger partial charge in [0, 0.05) is 81.4 Å². The normalized spacial score (nSPS) is 14.4. The summed E-state index contributed by atoms with van der Waals surface area (Å²) in [4.78, 5) is 28.0. The van der Waals surface area contributed by atoms with Gasteiger partial charge in [-0.05, 0) is 296 Å². The van der Waals surface area contributed by atoms with Crippen molar-refractivity contribution in [2.75, 3.05) is 37.5 Å². The number of aromatic nitrogens is 18. The zero-order valence-corrected chi connectivity index (χ0v) is 90.3. The first-order chi connectivity index (χ1) is 69.7. The van der Waals surface area contributed by atoms with Gasteiger partial charge in [0.2, 0.25) is 59.0 Å². The van der Waals surface area contributed by atoms with Gasteiger partial charge in [0.25, 0.3) is 0 Å². The maximum absolute atomic E-state index is 13.5. The van der Waals surface area contributed by atoms with Crippen molar-refractivity contribution >= 4 is 198 Å². The molecule has 0 radical (unpaired) electrons. The van der Waals surface area contributed by atoms with E-state index in [0.29, 0.717) is 74.1 Å². The molecular formula is C98H89Cl3F2N18O12S12. The topological polar surface area (TPSA) is 386 Å². The summed E-state index contributed by atoms with van der Waals surface area (Å²) in [5, 5.41) is 30.3. The first-order valence-corrected chi connectivity index (χ1v) is 63.1. The minimum atomic E-state index is -3.94. The largest absolute Gasteiger partial charge is 0.236 e. The molecule has 0 unspecified atom stereocenters. The summed E-state index contributed by atoms with van der Waals surface area (Å²) in [7, 11) is -22.7. The fraction of sp³-hybridized carbons (Fsp3) is 0.265. The fourth-order valence-electron chi connectivity index (χ4n) is 18.7. The molecular weight excluding hydrogens is 2150 g/mol. The van der Waals surface area contributed by atoms with Gasteiger partial charge in [0.1, 0.15) is 41.8 Å². The highest BCUT2D eigenvalue weighted by Crippen LogP contribution is 2.44. The van der Waals surface area contributed by atoms with E-state index in [4.69, 9.17) is 34.8 Å². The number of benzene rings is 6. The number of rotatable bonds is 18. The van der Waals surface area contributed by atoms with Crippen LogP contribution in [0.2, 0.25) is 15.1 Å². The predicted molar refractivity (Wildman–Crippen MR) is 556 cm³/mol. The van der Waals surface area contributed by atoms with Crippen molar-refractivity contribution in [1.82, 2.24) is 87.6 Å². The van der Waals surface area contributed by atoms with Crippen molar-refractivity contribution in [1.29, 1.82) is 0 Å². The lowest BCUT2D eigenvalue weighted by Crippen LogP contribution is -2.11. The summed E-state index contributed by atoms with van der Waals surface area (Å²) >= 11 is 25.5. The molecule has 0 fully saturated rings. The molecule has 6 aromatic carbocycles. The lowest BCUT2D eigenvalue weighted by atomic mass is 9.97. The highest BCUT2D eigenvalue weighted by Gasteiger charge is 2.39. The summed E-state index contributed by atoms with van der Waals surface area (Å²) in [5.41, 5.74) is 15.4. The van der Waals surface area contributed by atoms with Crippen LogP contribution in [0.25, 0.3) is 33.9 Å². The Morgan fingerprint density at radius 2 is 0.469 bits per heavy atom. The van der Waals surface area contributed by atoms with Gasteiger partial charge in [-0.1, -0.05) is 89.4 Å². The van der Waals surface area contributed by atoms with Crippen molar-refractivity contribution in [3.63, 3.8) is 0 Å². The maximum atomic E-state index is 13.5. The lowest BCUT2D eigenvalue weighted by Gasteiger charge is -2.15. The molecule has 12 heterocycles. The predicted octanol–water partition coefficient (Wildman–Crippen LogP) is 19.7. The molecule has 18 aromatic rings. The van der Waals surface area contributed by atoms with Gasteiger partial charge in [0.15, 0.2) is 63.3 Å². The Morgan fingerprint density at radius 1 is 0.248 bits per heavy atom. The molecule has 6 aliphatic carbocycles. The highest BCUT2D eigenvalue weighted by molar-refractivity contribution is 8.01. The number of fused-ring (bicyclic) bond motifs is 18. The molecule has 0 saturated carbocycles. The van der Waals surface area contributed by atoms with E-state index in [-0.39, 0.29) is 63.8 Å². The number of hydrogen-bond donors (Lipinski definition) is 0. The van der Waals surface area contributed by atoms with E-state index in [2.05, 4.69) is 60.5 Å². The standard InChI is InChI=1S/C17H16ClN3O2S2.C17H17N3O2S2.C16H13ClFN3O2S2.C16H14ClN3O2S2.C16H14FN3O2S2.C16H15N3O2S2/c1-24-17-15(25(22,23)13-7-4-6-12(18)9-13)16-19-10-11-5-2-3-8-14(11)21(16)20-17;1-23-17-15(24(21,22)13-8-3-2-4-9-13)16-18-11-12-7-5-6-10-14(12)20(16)19-17;1-24-16-14(25(22,23)10-5-6-12(18)11(17)7-10)15-19-8-9-3-2-4-13(9)21(15)20-16;2*1-23-16-14(24(21,22)12-6-3-5-11(17)8-12)15-18-9-10-4-2-7-13(10)20(15)19-16;1-22-16-14(23(20,21)12-7-3-2-4-8-12)15-17-10-11-6-5-9-13(11)19(15)18-16/h4,6-7,9-10H,2-3,5,8H2,1H3;2-4,8-9,11H,5-7,10H2,1H3;5-8H,2-4H2,1H3;2*3,5-6,8-9H,2,4,7H2,1H3;2-4,7-8,10H,5-6,9H2,1H3. The molecule has 145 heavy (non-hydrogen) atoms. The summed E-state index contributed by atoms with van der Waals surface area (Å²) < 4.78 is 195. The van der Waals surface area contributed by atoms with Crippen LogP contribution < -0.4 is 0 Å². The van der Waals surface area contributed by atoms with Crippen LogP contribution in [0.1, 0.15) is 119 Å². The van der Waals surface area contributed by atoms with Crippen LogP contribution in [0.15, 0.2) is 278 Å². The molecule has 0 N–H and O–H groups in total. The van der Waals surface area contributed by atoms with E-state index < -0.39 is 70.7 Å². The summed E-state index contributed by atoms with van der Waals surface area (Å²) in [5.74, 6) is -1.26. The minimum Gasteiger partial charge on any atom is -0.236 e. The third-order valence-electron chi connectivity index (χ3n) is 25.6. The number of thioether (sulfide) groups is 6. The third-order valence-corrected chi connectivity index (χ3v) is 41.9. The zero-order chi connectivity index (χ0) is 102. The van der Waals surface area contributed by atoms with Crippen LogP contribution in [-0.2, 0) is 136 Å². The molecule has 0 amide bonds. The second-order valence-corrected chi connectivity index (χ2v) is 51.6. The van der Waals surface area contributed by atoms with E-state index in [1.807, 2.05) is 31.2 Å². The van der Waals surface area contributed by atoms with Crippen molar-refractivity contribution in [2.24, 2.45) is 0 Å². The third kappa shape index (κ3) is 19.5. The SMILES string of the molecule is CSc1nn2c3c(cnc2c1S(=O)(=O)c1ccc(F)c(Cl)c1)CCC3.CSc1nn2c3c(cnc2c1S(=O)(=O)c1cccc(Cl)c1)CCC3.CSc1nn2c3c(cnc2c1S(=O)(=O)c1cccc(Cl)c1)CCCC3.CSc1nn2c3c(cnc2c1S(=O)(=O)c1cccc(F)c1)CCC3.CSc1nn2c3c(cnc2c1S(=O)(=O)c1ccccc1)CCC3.CSc1nn2c3c(cnc2c1S(=O)(=O)c1ccccc1)CCCC3. The van der Waals surface area contributed by atoms with Crippen molar-refractivity contribution < 1.29 is 59.3 Å². The van der Waals surface area contributed by atoms with Gasteiger partial charge in [-0.25, -0.2) is 116 Å². The number of nitrogens with zero attached hydrogens (tertiary/aromatic N) is 18. The Kier molecular flexibility index (Phi) is 30.1. The lowest BCUT2D eigenvalue weighted by molar-refractivity contribution is 0.589. The van der Waals surface area contributed by atoms with Gasteiger partial charge in [-0.2, -0.15) is 30.6 Å². The summed E-state index contributed by atoms with van der Waals surface area (Å²) in [6, 6.07) is 37.9. The first kappa shape index (κ1) is 103. The molecule has 24 rings (SSSR count). The van der Waals surface area contributed by atoms with Crippen molar-refractivity contribution in [2.45, 2.75) is 217 Å². The Hall–Kier alpha value is -10.4. The molecule has 0 atom stereocenters. The van der Waals surface area contributed by atoms with Crippen molar-refractivity contribution in [3.05, 3.63) is 283 Å². The van der Waals surface area contributed by atoms with Gasteiger partial charge in [-0.3, -0.25) is 0 Å². The van der Waals surface area contributed by atoms with Gasteiger partial charge in [-0.15, -0.1) is 70.6 Å². The maximum Gasteiger partial charge on any atom is 0.213 e. The highest BCUT2D eigenvalue weighted by atomic mass is 35.5. The van der Waals surface area contributed by atoms with Crippen LogP contribution in [0, 0.1) is 11.6 Å². The second kappa shape index (κ2) is 42.3. The van der Waals surface area contributed by atoms with Crippen LogP contribution in [0.4, 0.5) is 8.78 Å². The molecule has 0 aliphatic heterocycles. The van der Waals surface area contributed by atoms with Crippen molar-refractivity contribution in [3.8, 4) is 0 Å². The Morgan fingerprint density at radius 3 is 0.717 bits per heavy atom. The minimum absolute atomic E-state index is 0.0392. The second-order valence-electron chi connectivity index (χ2n) is 34.2. The number of halogens is 5. The van der Waals surface area contributed by atoms with Gasteiger partial charge >= 0.3 is 0 Å². The van der Waals surface area contributed by atoms with Crippen LogP contribution in [0.5, 0.6) is 0 Å². The average Bonchev–Trinajstić information content (AvgIpc) is 1.61. The molecule has 0 saturated heterocycles. The Labute approximate surface area is 874 Å². The molecule has 6 aliphatic rings. The van der Waals surface area contributed by atoms with E-state index in [1.54, 1.807) is 168 Å². The monoisotopic (exact) mass is 2240 g/mol. The molecule has 0 spiro atoms. The first-order valence-electron chi connectivity index (χ1n) is 45.7. The fourth-order valence-corrected chi connectivity index (χ4v) is 34.0. The van der Waals surface area contributed by atoms with Crippen LogP contribution in [-0.4, -0.2) is 176 Å². The molecule has 47 heteroatoms. The molecule has 750 valence electrons. The zero-order valence-electron chi connectivity index (χ0n) is 78.3. The number of hydrogen-bond acceptors (Lipinski definition) is 30. The van der Waals surface area contributed by atoms with Gasteiger partial charge in [0.05, 0.1) is 34.4 Å². The smallest absolute Gasteiger partial charge is 0.213 e. The average molecular weight is 2240 g/mol. The van der Waals surface area contributed by atoms with E-state index >= 15 is 0 Å². The Balaban J connectivity index is 0.000000110. The number of aryl methyl sites for hydroxylation is 12. The van der Waals surface area contributed by atoms with E-state index in [9.17, 15) is 59.3 Å². The molecule has 30 nitrogen and oxygen atoms in total. The summed E-state index contributed by atoms with van der Waals surface area (Å²) in [6.45, 7) is 0.